The SMILES string of the molecule is Cc1cccc(OCc2cccc(Br)c2)c1F. The van der Waals surface area contributed by atoms with Crippen LogP contribution >= 0.6 is 15.9 Å². The van der Waals surface area contributed by atoms with Crippen LogP contribution in [0.1, 0.15) is 11.1 Å². The Balaban J connectivity index is 2.10. The smallest absolute Gasteiger partial charge is 0.167 e. The molecule has 0 radical (unpaired) electrons. The first kappa shape index (κ1) is 12.1. The lowest BCUT2D eigenvalue weighted by Crippen LogP contribution is -1.98. The Morgan fingerprint density at radius 2 is 1.94 bits per heavy atom. The van der Waals surface area contributed by atoms with Crippen molar-refractivity contribution >= 4 is 15.9 Å². The molecule has 0 heterocycles. The molecule has 0 N–H and O–H groups in total. The molecule has 0 spiro atoms. The Bertz CT molecular complexity index is 525. The van der Waals surface area contributed by atoms with E-state index < -0.39 is 0 Å². The van der Waals surface area contributed by atoms with Gasteiger partial charge in [0.2, 0.25) is 0 Å². The molecule has 88 valence electrons. The second-order valence-electron chi connectivity index (χ2n) is 3.81. The lowest BCUT2D eigenvalue weighted by atomic mass is 10.2. The van der Waals surface area contributed by atoms with Crippen LogP contribution in [-0.2, 0) is 6.61 Å². The van der Waals surface area contributed by atoms with Gasteiger partial charge in [0.05, 0.1) is 0 Å². The third kappa shape index (κ3) is 3.07. The van der Waals surface area contributed by atoms with Crippen molar-refractivity contribution in [3.63, 3.8) is 0 Å². The molecule has 0 saturated heterocycles. The minimum atomic E-state index is -0.289. The van der Waals surface area contributed by atoms with E-state index in [2.05, 4.69) is 15.9 Å². The van der Waals surface area contributed by atoms with Gasteiger partial charge in [0.15, 0.2) is 11.6 Å². The summed E-state index contributed by atoms with van der Waals surface area (Å²) in [5.74, 6) is 0.00692. The van der Waals surface area contributed by atoms with Gasteiger partial charge in [-0.3, -0.25) is 0 Å². The van der Waals surface area contributed by atoms with Crippen LogP contribution in [0.25, 0.3) is 0 Å². The number of hydrogen-bond acceptors (Lipinski definition) is 1. The van der Waals surface area contributed by atoms with Gasteiger partial charge in [-0.15, -0.1) is 0 Å². The molecule has 0 unspecified atom stereocenters. The molecule has 0 amide bonds. The van der Waals surface area contributed by atoms with Crippen LogP contribution in [0.15, 0.2) is 46.9 Å². The number of rotatable bonds is 3. The van der Waals surface area contributed by atoms with Gasteiger partial charge < -0.3 is 4.74 Å². The molecule has 2 rings (SSSR count). The second-order valence-corrected chi connectivity index (χ2v) is 4.72. The predicted octanol–water partition coefficient (Wildman–Crippen LogP) is 4.48. The molecular weight excluding hydrogens is 283 g/mol. The molecule has 0 bridgehead atoms. The van der Waals surface area contributed by atoms with E-state index in [9.17, 15) is 4.39 Å². The summed E-state index contributed by atoms with van der Waals surface area (Å²) in [6.07, 6.45) is 0. The topological polar surface area (TPSA) is 9.23 Å². The number of hydrogen-bond donors (Lipinski definition) is 0. The molecule has 0 aliphatic heterocycles. The standard InChI is InChI=1S/C14H12BrFO/c1-10-4-2-7-13(14(10)16)17-9-11-5-3-6-12(15)8-11/h2-8H,9H2,1H3. The van der Waals surface area contributed by atoms with E-state index in [1.807, 2.05) is 24.3 Å². The zero-order chi connectivity index (χ0) is 12.3. The minimum Gasteiger partial charge on any atom is -0.486 e. The number of ether oxygens (including phenoxy) is 1. The fourth-order valence-electron chi connectivity index (χ4n) is 1.52. The van der Waals surface area contributed by atoms with Crippen LogP contribution in [0.4, 0.5) is 4.39 Å². The highest BCUT2D eigenvalue weighted by atomic mass is 79.9. The first-order chi connectivity index (χ1) is 8.16. The van der Waals surface area contributed by atoms with E-state index >= 15 is 0 Å². The summed E-state index contributed by atoms with van der Waals surface area (Å²) >= 11 is 3.38. The average molecular weight is 295 g/mol. The van der Waals surface area contributed by atoms with Gasteiger partial charge in [-0.05, 0) is 36.2 Å². The molecule has 2 aromatic carbocycles. The van der Waals surface area contributed by atoms with Crippen molar-refractivity contribution in [2.24, 2.45) is 0 Å². The van der Waals surface area contributed by atoms with E-state index in [1.165, 1.54) is 0 Å². The first-order valence-corrected chi connectivity index (χ1v) is 6.08. The first-order valence-electron chi connectivity index (χ1n) is 5.29. The maximum atomic E-state index is 13.6. The second kappa shape index (κ2) is 5.32. The van der Waals surface area contributed by atoms with Gasteiger partial charge in [0.25, 0.3) is 0 Å². The molecule has 0 fully saturated rings. The molecule has 17 heavy (non-hydrogen) atoms. The summed E-state index contributed by atoms with van der Waals surface area (Å²) < 4.78 is 20.1. The summed E-state index contributed by atoms with van der Waals surface area (Å²) in [7, 11) is 0. The van der Waals surface area contributed by atoms with Crippen molar-refractivity contribution < 1.29 is 9.13 Å². The van der Waals surface area contributed by atoms with Crippen molar-refractivity contribution in [3.8, 4) is 5.75 Å². The molecule has 0 aromatic heterocycles. The van der Waals surface area contributed by atoms with E-state index in [1.54, 1.807) is 25.1 Å². The Morgan fingerprint density at radius 1 is 1.18 bits per heavy atom. The Labute approximate surface area is 108 Å². The maximum Gasteiger partial charge on any atom is 0.167 e. The largest absolute Gasteiger partial charge is 0.486 e. The molecule has 0 aliphatic carbocycles. The number of benzene rings is 2. The van der Waals surface area contributed by atoms with Crippen LogP contribution in [0.2, 0.25) is 0 Å². The van der Waals surface area contributed by atoms with Crippen molar-refractivity contribution in [1.82, 2.24) is 0 Å². The highest BCUT2D eigenvalue weighted by Crippen LogP contribution is 2.21. The van der Waals surface area contributed by atoms with E-state index in [4.69, 9.17) is 4.74 Å². The van der Waals surface area contributed by atoms with Crippen LogP contribution in [0.3, 0.4) is 0 Å². The Kier molecular flexibility index (Phi) is 3.79. The highest BCUT2D eigenvalue weighted by Gasteiger charge is 2.05. The quantitative estimate of drug-likeness (QED) is 0.811. The zero-order valence-corrected chi connectivity index (χ0v) is 11.0. The fraction of sp³-hybridized carbons (Fsp3) is 0.143. The summed E-state index contributed by atoms with van der Waals surface area (Å²) in [4.78, 5) is 0. The molecular formula is C14H12BrFO. The molecule has 3 heteroatoms. The van der Waals surface area contributed by atoms with Crippen LogP contribution in [0, 0.1) is 12.7 Å². The average Bonchev–Trinajstić information content (AvgIpc) is 2.31. The lowest BCUT2D eigenvalue weighted by Gasteiger charge is -2.08. The maximum absolute atomic E-state index is 13.6. The summed E-state index contributed by atoms with van der Waals surface area (Å²) in [5, 5.41) is 0. The minimum absolute atomic E-state index is 0.289. The Hall–Kier alpha value is -1.35. The predicted molar refractivity (Wildman–Crippen MR) is 69.6 cm³/mol. The third-order valence-corrected chi connectivity index (χ3v) is 2.93. The summed E-state index contributed by atoms with van der Waals surface area (Å²) in [6, 6.07) is 12.9. The summed E-state index contributed by atoms with van der Waals surface area (Å²) in [5.41, 5.74) is 1.59. The lowest BCUT2D eigenvalue weighted by molar-refractivity contribution is 0.289. The van der Waals surface area contributed by atoms with E-state index in [0.29, 0.717) is 17.9 Å². The zero-order valence-electron chi connectivity index (χ0n) is 9.41. The highest BCUT2D eigenvalue weighted by molar-refractivity contribution is 9.10. The Morgan fingerprint density at radius 3 is 2.71 bits per heavy atom. The molecule has 0 aliphatic rings. The molecule has 0 saturated carbocycles. The van der Waals surface area contributed by atoms with Crippen LogP contribution in [-0.4, -0.2) is 0 Å². The van der Waals surface area contributed by atoms with Crippen molar-refractivity contribution in [2.75, 3.05) is 0 Å². The fourth-order valence-corrected chi connectivity index (χ4v) is 1.97. The third-order valence-electron chi connectivity index (χ3n) is 2.44. The van der Waals surface area contributed by atoms with Crippen molar-refractivity contribution in [1.29, 1.82) is 0 Å². The van der Waals surface area contributed by atoms with Gasteiger partial charge >= 0.3 is 0 Å². The molecule has 2 aromatic rings. The van der Waals surface area contributed by atoms with Crippen LogP contribution < -0.4 is 4.74 Å². The van der Waals surface area contributed by atoms with E-state index in [-0.39, 0.29) is 5.82 Å². The van der Waals surface area contributed by atoms with Crippen molar-refractivity contribution in [3.05, 3.63) is 63.9 Å². The molecule has 1 nitrogen and oxygen atoms in total. The van der Waals surface area contributed by atoms with Crippen molar-refractivity contribution in [2.45, 2.75) is 13.5 Å². The van der Waals surface area contributed by atoms with Gasteiger partial charge in [-0.25, -0.2) is 4.39 Å². The number of aryl methyl sites for hydroxylation is 1. The van der Waals surface area contributed by atoms with Gasteiger partial charge in [0, 0.05) is 4.47 Å². The normalized spacial score (nSPS) is 10.3. The van der Waals surface area contributed by atoms with Crippen LogP contribution in [0.5, 0.6) is 5.75 Å². The van der Waals surface area contributed by atoms with Gasteiger partial charge in [0.1, 0.15) is 6.61 Å². The molecule has 0 atom stereocenters. The summed E-state index contributed by atoms with van der Waals surface area (Å²) in [6.45, 7) is 2.08. The van der Waals surface area contributed by atoms with E-state index in [0.717, 1.165) is 10.0 Å². The van der Waals surface area contributed by atoms with Gasteiger partial charge in [-0.1, -0.05) is 40.2 Å². The van der Waals surface area contributed by atoms with Gasteiger partial charge in [-0.2, -0.15) is 0 Å². The monoisotopic (exact) mass is 294 g/mol. The number of halogens is 2.